The van der Waals surface area contributed by atoms with E-state index in [1.165, 1.54) is 5.56 Å². The van der Waals surface area contributed by atoms with Gasteiger partial charge < -0.3 is 9.94 Å². The zero-order valence-electron chi connectivity index (χ0n) is 12.4. The Labute approximate surface area is 130 Å². The first-order chi connectivity index (χ1) is 10.8. The van der Waals surface area contributed by atoms with Gasteiger partial charge in [-0.05, 0) is 24.0 Å². The fraction of sp³-hybridized carbons (Fsp3) is 0.278. The average Bonchev–Trinajstić information content (AvgIpc) is 2.58. The van der Waals surface area contributed by atoms with Crippen molar-refractivity contribution in [2.75, 3.05) is 6.61 Å². The predicted octanol–water partition coefficient (Wildman–Crippen LogP) is 2.75. The SMILES string of the molecule is O=C(OCCCc1ccccc1)[C@H](Cc1ccccc1)NO. The zero-order chi connectivity index (χ0) is 15.6. The van der Waals surface area contributed by atoms with Gasteiger partial charge in [-0.25, -0.2) is 0 Å². The molecule has 4 nitrogen and oxygen atoms in total. The van der Waals surface area contributed by atoms with Crippen LogP contribution in [0.5, 0.6) is 0 Å². The molecule has 0 heterocycles. The molecule has 0 spiro atoms. The standard InChI is InChI=1S/C18H21NO3/c20-18(17(19-21)14-16-10-5-2-6-11-16)22-13-7-12-15-8-3-1-4-9-15/h1-6,8-11,17,19,21H,7,12-14H2/t17-/m0/s1. The molecule has 0 aromatic heterocycles. The molecule has 2 aromatic carbocycles. The first-order valence-electron chi connectivity index (χ1n) is 7.43. The van der Waals surface area contributed by atoms with Gasteiger partial charge in [0.2, 0.25) is 0 Å². The summed E-state index contributed by atoms with van der Waals surface area (Å²) in [6.45, 7) is 0.348. The Bertz CT molecular complexity index is 557. The number of hydrogen-bond donors (Lipinski definition) is 2. The Morgan fingerprint density at radius 2 is 1.59 bits per heavy atom. The van der Waals surface area contributed by atoms with E-state index in [9.17, 15) is 4.79 Å². The smallest absolute Gasteiger partial charge is 0.325 e. The van der Waals surface area contributed by atoms with Crippen molar-refractivity contribution in [3.8, 4) is 0 Å². The molecule has 0 aliphatic rings. The number of benzene rings is 2. The molecule has 0 saturated heterocycles. The Kier molecular flexibility index (Phi) is 6.61. The van der Waals surface area contributed by atoms with E-state index >= 15 is 0 Å². The topological polar surface area (TPSA) is 58.6 Å². The van der Waals surface area contributed by atoms with Crippen LogP contribution in [-0.4, -0.2) is 23.8 Å². The largest absolute Gasteiger partial charge is 0.464 e. The molecule has 0 aliphatic carbocycles. The highest BCUT2D eigenvalue weighted by molar-refractivity contribution is 5.76. The summed E-state index contributed by atoms with van der Waals surface area (Å²) in [5, 5.41) is 9.14. The van der Waals surface area contributed by atoms with Gasteiger partial charge in [0.05, 0.1) is 6.61 Å². The average molecular weight is 299 g/mol. The van der Waals surface area contributed by atoms with E-state index in [2.05, 4.69) is 12.1 Å². The van der Waals surface area contributed by atoms with E-state index in [0.29, 0.717) is 13.0 Å². The minimum absolute atomic E-state index is 0.348. The number of hydrogen-bond acceptors (Lipinski definition) is 4. The van der Waals surface area contributed by atoms with Crippen molar-refractivity contribution >= 4 is 5.97 Å². The number of carbonyl (C=O) groups is 1. The van der Waals surface area contributed by atoms with Crippen molar-refractivity contribution in [2.45, 2.75) is 25.3 Å². The summed E-state index contributed by atoms with van der Waals surface area (Å²) in [4.78, 5) is 11.9. The van der Waals surface area contributed by atoms with Crippen LogP contribution in [-0.2, 0) is 22.4 Å². The summed E-state index contributed by atoms with van der Waals surface area (Å²) in [6, 6.07) is 18.9. The van der Waals surface area contributed by atoms with Gasteiger partial charge in [-0.15, -0.1) is 0 Å². The van der Waals surface area contributed by atoms with Crippen LogP contribution in [0.4, 0.5) is 0 Å². The Balaban J connectivity index is 1.73. The number of carbonyl (C=O) groups excluding carboxylic acids is 1. The highest BCUT2D eigenvalue weighted by Crippen LogP contribution is 2.06. The van der Waals surface area contributed by atoms with Crippen molar-refractivity contribution in [1.82, 2.24) is 5.48 Å². The molecule has 2 aromatic rings. The van der Waals surface area contributed by atoms with Crippen molar-refractivity contribution < 1.29 is 14.7 Å². The first-order valence-corrected chi connectivity index (χ1v) is 7.43. The van der Waals surface area contributed by atoms with Crippen molar-refractivity contribution in [1.29, 1.82) is 0 Å². The molecule has 0 bridgehead atoms. The monoisotopic (exact) mass is 299 g/mol. The third-order valence-electron chi connectivity index (χ3n) is 3.42. The summed E-state index contributed by atoms with van der Waals surface area (Å²) in [5.41, 5.74) is 4.22. The number of hydroxylamine groups is 1. The van der Waals surface area contributed by atoms with Gasteiger partial charge in [0.15, 0.2) is 0 Å². The van der Waals surface area contributed by atoms with Crippen LogP contribution in [0.2, 0.25) is 0 Å². The minimum atomic E-state index is -0.737. The highest BCUT2D eigenvalue weighted by atomic mass is 16.5. The highest BCUT2D eigenvalue weighted by Gasteiger charge is 2.19. The van der Waals surface area contributed by atoms with Crippen LogP contribution in [0.15, 0.2) is 60.7 Å². The zero-order valence-corrected chi connectivity index (χ0v) is 12.4. The third-order valence-corrected chi connectivity index (χ3v) is 3.42. The quantitative estimate of drug-likeness (QED) is 0.447. The molecular weight excluding hydrogens is 278 g/mol. The molecule has 2 rings (SSSR count). The van der Waals surface area contributed by atoms with E-state index in [1.54, 1.807) is 0 Å². The van der Waals surface area contributed by atoms with Crippen LogP contribution >= 0.6 is 0 Å². The number of nitrogens with one attached hydrogen (secondary N) is 1. The van der Waals surface area contributed by atoms with E-state index in [0.717, 1.165) is 18.4 Å². The second kappa shape index (κ2) is 8.97. The van der Waals surface area contributed by atoms with E-state index in [-0.39, 0.29) is 0 Å². The molecule has 4 heteroatoms. The summed E-state index contributed by atoms with van der Waals surface area (Å²) in [5.74, 6) is -0.431. The van der Waals surface area contributed by atoms with Gasteiger partial charge in [-0.2, -0.15) is 5.48 Å². The van der Waals surface area contributed by atoms with Gasteiger partial charge in [-0.3, -0.25) is 4.79 Å². The number of esters is 1. The van der Waals surface area contributed by atoms with Crippen LogP contribution in [0.25, 0.3) is 0 Å². The fourth-order valence-corrected chi connectivity index (χ4v) is 2.23. The van der Waals surface area contributed by atoms with E-state index < -0.39 is 12.0 Å². The molecule has 0 fully saturated rings. The number of rotatable bonds is 8. The van der Waals surface area contributed by atoms with Gasteiger partial charge in [0.1, 0.15) is 6.04 Å². The van der Waals surface area contributed by atoms with Gasteiger partial charge >= 0.3 is 5.97 Å². The summed E-state index contributed by atoms with van der Waals surface area (Å²) >= 11 is 0. The lowest BCUT2D eigenvalue weighted by molar-refractivity contribution is -0.149. The maximum absolute atomic E-state index is 11.9. The Hall–Kier alpha value is -2.17. The van der Waals surface area contributed by atoms with Crippen molar-refractivity contribution in [3.63, 3.8) is 0 Å². The van der Waals surface area contributed by atoms with Gasteiger partial charge in [-0.1, -0.05) is 60.7 Å². The number of aryl methyl sites for hydroxylation is 1. The molecule has 0 aliphatic heterocycles. The molecular formula is C18H21NO3. The molecule has 2 N–H and O–H groups in total. The molecule has 0 unspecified atom stereocenters. The van der Waals surface area contributed by atoms with Gasteiger partial charge in [0, 0.05) is 6.42 Å². The third kappa shape index (κ3) is 5.31. The molecule has 22 heavy (non-hydrogen) atoms. The Morgan fingerprint density at radius 1 is 1.00 bits per heavy atom. The minimum Gasteiger partial charge on any atom is -0.464 e. The second-order valence-electron chi connectivity index (χ2n) is 5.13. The van der Waals surface area contributed by atoms with Crippen LogP contribution in [0, 0.1) is 0 Å². The molecule has 0 amide bonds. The Morgan fingerprint density at radius 3 is 2.18 bits per heavy atom. The van der Waals surface area contributed by atoms with Crippen molar-refractivity contribution in [2.24, 2.45) is 0 Å². The lowest BCUT2D eigenvalue weighted by atomic mass is 10.1. The van der Waals surface area contributed by atoms with Crippen LogP contribution in [0.3, 0.4) is 0 Å². The van der Waals surface area contributed by atoms with Crippen LogP contribution < -0.4 is 5.48 Å². The van der Waals surface area contributed by atoms with E-state index in [4.69, 9.17) is 9.94 Å². The summed E-state index contributed by atoms with van der Waals surface area (Å²) in [6.07, 6.45) is 2.03. The first kappa shape index (κ1) is 16.2. The maximum Gasteiger partial charge on any atom is 0.325 e. The normalized spacial score (nSPS) is 11.9. The summed E-state index contributed by atoms with van der Waals surface area (Å²) < 4.78 is 5.23. The molecule has 0 radical (unpaired) electrons. The van der Waals surface area contributed by atoms with Crippen molar-refractivity contribution in [3.05, 3.63) is 71.8 Å². The molecule has 0 saturated carbocycles. The number of ether oxygens (including phenoxy) is 1. The second-order valence-corrected chi connectivity index (χ2v) is 5.13. The molecule has 1 atom stereocenters. The molecule has 116 valence electrons. The maximum atomic E-state index is 11.9. The predicted molar refractivity (Wildman–Crippen MR) is 84.6 cm³/mol. The fourth-order valence-electron chi connectivity index (χ4n) is 2.23. The van der Waals surface area contributed by atoms with Crippen LogP contribution in [0.1, 0.15) is 17.5 Å². The lowest BCUT2D eigenvalue weighted by Gasteiger charge is -2.14. The van der Waals surface area contributed by atoms with E-state index in [1.807, 2.05) is 54.0 Å². The summed E-state index contributed by atoms with van der Waals surface area (Å²) in [7, 11) is 0. The van der Waals surface area contributed by atoms with Gasteiger partial charge in [0.25, 0.3) is 0 Å². The lowest BCUT2D eigenvalue weighted by Crippen LogP contribution is -2.38.